The number of rotatable bonds is 3. The van der Waals surface area contributed by atoms with Gasteiger partial charge in [-0.15, -0.1) is 11.3 Å². The Bertz CT molecular complexity index is 805. The molecule has 2 nitrogen and oxygen atoms in total. The summed E-state index contributed by atoms with van der Waals surface area (Å²) in [4.78, 5) is 4.41. The molecule has 6 heteroatoms. The number of nitrogens with zero attached hydrogens (tertiary/aromatic N) is 1. The van der Waals surface area contributed by atoms with E-state index in [4.69, 9.17) is 11.6 Å². The number of thiophene rings is 1. The molecule has 108 valence electrons. The lowest BCUT2D eigenvalue weighted by molar-refractivity contribution is 0.575. The van der Waals surface area contributed by atoms with Crippen LogP contribution in [0, 0.1) is 5.82 Å². The van der Waals surface area contributed by atoms with Gasteiger partial charge in [-0.25, -0.2) is 4.39 Å². The molecule has 0 aliphatic carbocycles. The standard InChI is InChI=1S/C15H11BrClFN2S/c1-19-15(9-2-3-10(16)13(17)14(9)18)8-6-12-11(20-7-8)4-5-21-12/h2-7,15,19H,1H3. The van der Waals surface area contributed by atoms with E-state index in [-0.39, 0.29) is 11.1 Å². The van der Waals surface area contributed by atoms with Crippen LogP contribution in [0.3, 0.4) is 0 Å². The van der Waals surface area contributed by atoms with E-state index in [1.54, 1.807) is 36.7 Å². The van der Waals surface area contributed by atoms with Gasteiger partial charge >= 0.3 is 0 Å². The molecule has 1 aromatic carbocycles. The first kappa shape index (κ1) is 14.9. The van der Waals surface area contributed by atoms with E-state index < -0.39 is 5.82 Å². The fourth-order valence-corrected chi connectivity index (χ4v) is 3.55. The number of fused-ring (bicyclic) bond motifs is 1. The van der Waals surface area contributed by atoms with Crippen LogP contribution in [0.15, 0.2) is 40.3 Å². The van der Waals surface area contributed by atoms with Crippen LogP contribution in [0.1, 0.15) is 17.2 Å². The van der Waals surface area contributed by atoms with Crippen molar-refractivity contribution in [1.82, 2.24) is 10.3 Å². The van der Waals surface area contributed by atoms with E-state index in [2.05, 4.69) is 26.2 Å². The lowest BCUT2D eigenvalue weighted by Crippen LogP contribution is -2.19. The fourth-order valence-electron chi connectivity index (χ4n) is 2.28. The van der Waals surface area contributed by atoms with Gasteiger partial charge in [0, 0.05) is 16.2 Å². The minimum absolute atomic E-state index is 0.0953. The molecule has 0 spiro atoms. The maximum Gasteiger partial charge on any atom is 0.148 e. The van der Waals surface area contributed by atoms with Crippen molar-refractivity contribution >= 4 is 49.1 Å². The second-order valence-corrected chi connectivity index (χ2v) is 6.74. The Kier molecular flexibility index (Phi) is 4.26. The highest BCUT2D eigenvalue weighted by molar-refractivity contribution is 9.10. The van der Waals surface area contributed by atoms with Gasteiger partial charge in [0.25, 0.3) is 0 Å². The topological polar surface area (TPSA) is 24.9 Å². The van der Waals surface area contributed by atoms with Crippen molar-refractivity contribution in [3.05, 3.63) is 62.3 Å². The van der Waals surface area contributed by atoms with Gasteiger partial charge in [-0.1, -0.05) is 17.7 Å². The third-order valence-corrected chi connectivity index (χ3v) is 5.43. The Labute approximate surface area is 139 Å². The average molecular weight is 386 g/mol. The molecule has 0 amide bonds. The molecule has 3 aromatic rings. The van der Waals surface area contributed by atoms with Crippen molar-refractivity contribution in [2.45, 2.75) is 6.04 Å². The second kappa shape index (κ2) is 6.01. The first-order valence-corrected chi connectivity index (χ1v) is 8.30. The predicted molar refractivity (Wildman–Crippen MR) is 89.6 cm³/mol. The molecule has 0 fully saturated rings. The summed E-state index contributed by atoms with van der Waals surface area (Å²) >= 11 is 10.8. The summed E-state index contributed by atoms with van der Waals surface area (Å²) in [7, 11) is 1.79. The van der Waals surface area contributed by atoms with Gasteiger partial charge in [-0.3, -0.25) is 4.98 Å². The number of aromatic nitrogens is 1. The minimum Gasteiger partial charge on any atom is -0.309 e. The molecular formula is C15H11BrClFN2S. The zero-order chi connectivity index (χ0) is 15.0. The number of pyridine rings is 1. The van der Waals surface area contributed by atoms with Crippen molar-refractivity contribution < 1.29 is 4.39 Å². The van der Waals surface area contributed by atoms with E-state index in [0.29, 0.717) is 10.0 Å². The molecule has 2 heterocycles. The monoisotopic (exact) mass is 384 g/mol. The lowest BCUT2D eigenvalue weighted by atomic mass is 9.99. The Balaban J connectivity index is 2.11. The summed E-state index contributed by atoms with van der Waals surface area (Å²) in [5, 5.41) is 5.22. The number of hydrogen-bond donors (Lipinski definition) is 1. The van der Waals surface area contributed by atoms with E-state index in [1.165, 1.54) is 0 Å². The van der Waals surface area contributed by atoms with E-state index in [0.717, 1.165) is 15.8 Å². The average Bonchev–Trinajstić information content (AvgIpc) is 2.95. The van der Waals surface area contributed by atoms with Crippen LogP contribution < -0.4 is 5.32 Å². The Morgan fingerprint density at radius 3 is 2.95 bits per heavy atom. The van der Waals surface area contributed by atoms with E-state index in [1.807, 2.05) is 17.5 Å². The molecule has 2 aromatic heterocycles. The zero-order valence-electron chi connectivity index (χ0n) is 11.0. The van der Waals surface area contributed by atoms with Gasteiger partial charge in [0.05, 0.1) is 21.3 Å². The van der Waals surface area contributed by atoms with Gasteiger partial charge in [-0.05, 0) is 52.1 Å². The second-order valence-electron chi connectivity index (χ2n) is 4.56. The van der Waals surface area contributed by atoms with Crippen molar-refractivity contribution in [3.63, 3.8) is 0 Å². The molecule has 0 aliphatic rings. The molecule has 1 N–H and O–H groups in total. The smallest absolute Gasteiger partial charge is 0.148 e. The number of halogens is 3. The summed E-state index contributed by atoms with van der Waals surface area (Å²) in [6.07, 6.45) is 1.77. The van der Waals surface area contributed by atoms with Crippen molar-refractivity contribution in [1.29, 1.82) is 0 Å². The van der Waals surface area contributed by atoms with Gasteiger partial charge in [-0.2, -0.15) is 0 Å². The SMILES string of the molecule is CNC(c1cnc2ccsc2c1)c1ccc(Br)c(Cl)c1F. The van der Waals surface area contributed by atoms with Gasteiger partial charge in [0.2, 0.25) is 0 Å². The summed E-state index contributed by atoms with van der Waals surface area (Å²) in [5.41, 5.74) is 2.36. The molecule has 1 atom stereocenters. The summed E-state index contributed by atoms with van der Waals surface area (Å²) < 4.78 is 16.0. The first-order valence-electron chi connectivity index (χ1n) is 6.25. The normalized spacial score (nSPS) is 12.8. The predicted octanol–water partition coefficient (Wildman–Crippen LogP) is 5.16. The van der Waals surface area contributed by atoms with Crippen LogP contribution in [-0.2, 0) is 0 Å². The molecule has 0 radical (unpaired) electrons. The highest BCUT2D eigenvalue weighted by atomic mass is 79.9. The molecule has 0 saturated heterocycles. The van der Waals surface area contributed by atoms with Crippen LogP contribution in [-0.4, -0.2) is 12.0 Å². The van der Waals surface area contributed by atoms with Crippen LogP contribution >= 0.6 is 38.9 Å². The maximum absolute atomic E-state index is 14.4. The van der Waals surface area contributed by atoms with Crippen LogP contribution in [0.5, 0.6) is 0 Å². The third kappa shape index (κ3) is 2.71. The largest absolute Gasteiger partial charge is 0.309 e. The molecule has 3 rings (SSSR count). The highest BCUT2D eigenvalue weighted by Crippen LogP contribution is 2.33. The van der Waals surface area contributed by atoms with Crippen LogP contribution in [0.2, 0.25) is 5.02 Å². The summed E-state index contributed by atoms with van der Waals surface area (Å²) in [6.45, 7) is 0. The number of nitrogens with one attached hydrogen (secondary N) is 1. The lowest BCUT2D eigenvalue weighted by Gasteiger charge is -2.18. The molecule has 0 aliphatic heterocycles. The summed E-state index contributed by atoms with van der Waals surface area (Å²) in [6, 6.07) is 7.18. The van der Waals surface area contributed by atoms with Crippen molar-refractivity contribution in [2.75, 3.05) is 7.05 Å². The molecule has 1 unspecified atom stereocenters. The maximum atomic E-state index is 14.4. The Morgan fingerprint density at radius 2 is 2.19 bits per heavy atom. The van der Waals surface area contributed by atoms with Crippen molar-refractivity contribution in [3.8, 4) is 0 Å². The van der Waals surface area contributed by atoms with Gasteiger partial charge < -0.3 is 5.32 Å². The Morgan fingerprint density at radius 1 is 1.38 bits per heavy atom. The molecular weight excluding hydrogens is 375 g/mol. The fraction of sp³-hybridized carbons (Fsp3) is 0.133. The van der Waals surface area contributed by atoms with Crippen LogP contribution in [0.25, 0.3) is 10.2 Å². The zero-order valence-corrected chi connectivity index (χ0v) is 14.2. The number of benzene rings is 1. The first-order chi connectivity index (χ1) is 10.1. The van der Waals surface area contributed by atoms with E-state index in [9.17, 15) is 4.39 Å². The van der Waals surface area contributed by atoms with E-state index >= 15 is 0 Å². The molecule has 0 saturated carbocycles. The van der Waals surface area contributed by atoms with Crippen molar-refractivity contribution in [2.24, 2.45) is 0 Å². The number of hydrogen-bond acceptors (Lipinski definition) is 3. The highest BCUT2D eigenvalue weighted by Gasteiger charge is 2.20. The quantitative estimate of drug-likeness (QED) is 0.630. The Hall–Kier alpha value is -1.01. The molecule has 0 bridgehead atoms. The minimum atomic E-state index is -0.420. The third-order valence-electron chi connectivity index (χ3n) is 3.32. The summed E-state index contributed by atoms with van der Waals surface area (Å²) in [5.74, 6) is -0.420. The van der Waals surface area contributed by atoms with Gasteiger partial charge in [0.15, 0.2) is 0 Å². The molecule has 21 heavy (non-hydrogen) atoms. The van der Waals surface area contributed by atoms with Gasteiger partial charge in [0.1, 0.15) is 5.82 Å². The van der Waals surface area contributed by atoms with Crippen LogP contribution in [0.4, 0.5) is 4.39 Å².